The molecule has 2 nitrogen and oxygen atoms in total. The fourth-order valence-corrected chi connectivity index (χ4v) is 2.05. The molecule has 0 heterocycles. The lowest BCUT2D eigenvalue weighted by Crippen LogP contribution is -2.13. The van der Waals surface area contributed by atoms with Crippen LogP contribution in [0.3, 0.4) is 0 Å². The fourth-order valence-electron chi connectivity index (χ4n) is 2.05. The standard InChI is InChI=1S/C9H12O2/c1-3-6-7-5-9(6,7)11-8(10)4-2/h4,6-7H,2-3,5H2,1H3. The topological polar surface area (TPSA) is 26.3 Å². The maximum Gasteiger partial charge on any atom is 0.330 e. The molecule has 0 aromatic carbocycles. The zero-order chi connectivity index (χ0) is 8.06. The van der Waals surface area contributed by atoms with Crippen LogP contribution in [-0.4, -0.2) is 11.6 Å². The van der Waals surface area contributed by atoms with Crippen LogP contribution in [0, 0.1) is 11.8 Å². The smallest absolute Gasteiger partial charge is 0.330 e. The van der Waals surface area contributed by atoms with Gasteiger partial charge in [0, 0.05) is 17.9 Å². The molecular formula is C9H12O2. The van der Waals surface area contributed by atoms with Crippen molar-refractivity contribution in [3.63, 3.8) is 0 Å². The number of carbonyl (C=O) groups is 1. The number of ether oxygens (including phenoxy) is 1. The minimum Gasteiger partial charge on any atom is -0.455 e. The van der Waals surface area contributed by atoms with E-state index in [2.05, 4.69) is 13.5 Å². The van der Waals surface area contributed by atoms with Gasteiger partial charge in [0.15, 0.2) is 0 Å². The quantitative estimate of drug-likeness (QED) is 0.452. The lowest BCUT2D eigenvalue weighted by molar-refractivity contribution is -0.142. The van der Waals surface area contributed by atoms with E-state index in [-0.39, 0.29) is 11.6 Å². The van der Waals surface area contributed by atoms with E-state index in [0.29, 0.717) is 11.8 Å². The van der Waals surface area contributed by atoms with Crippen molar-refractivity contribution in [3.05, 3.63) is 12.7 Å². The lowest BCUT2D eigenvalue weighted by Gasteiger charge is -2.08. The van der Waals surface area contributed by atoms with Crippen molar-refractivity contribution >= 4 is 5.97 Å². The molecule has 2 heteroatoms. The number of hydrogen-bond acceptors (Lipinski definition) is 2. The molecule has 2 rings (SSSR count). The first-order chi connectivity index (χ1) is 5.24. The highest BCUT2D eigenvalue weighted by Crippen LogP contribution is 2.75. The maximum absolute atomic E-state index is 10.8. The van der Waals surface area contributed by atoms with Crippen LogP contribution in [0.1, 0.15) is 19.8 Å². The first kappa shape index (κ1) is 6.89. The second-order valence-electron chi connectivity index (χ2n) is 3.41. The Bertz CT molecular complexity index is 222. The van der Waals surface area contributed by atoms with Crippen LogP contribution in [0.15, 0.2) is 12.7 Å². The van der Waals surface area contributed by atoms with E-state index < -0.39 is 0 Å². The van der Waals surface area contributed by atoms with Crippen LogP contribution in [0.5, 0.6) is 0 Å². The van der Waals surface area contributed by atoms with Gasteiger partial charge in [-0.2, -0.15) is 0 Å². The molecule has 11 heavy (non-hydrogen) atoms. The predicted molar refractivity (Wildman–Crippen MR) is 40.9 cm³/mol. The fraction of sp³-hybridized carbons (Fsp3) is 0.667. The molecule has 2 aliphatic rings. The van der Waals surface area contributed by atoms with E-state index in [1.54, 1.807) is 0 Å². The predicted octanol–water partition coefficient (Wildman–Crippen LogP) is 1.51. The Balaban J connectivity index is 1.90. The normalized spacial score (nSPS) is 44.1. The number of esters is 1. The monoisotopic (exact) mass is 152 g/mol. The van der Waals surface area contributed by atoms with Crippen LogP contribution >= 0.6 is 0 Å². The molecule has 0 aromatic rings. The maximum atomic E-state index is 10.8. The Morgan fingerprint density at radius 3 is 3.00 bits per heavy atom. The third kappa shape index (κ3) is 0.753. The van der Waals surface area contributed by atoms with Gasteiger partial charge in [-0.15, -0.1) is 0 Å². The van der Waals surface area contributed by atoms with Crippen molar-refractivity contribution < 1.29 is 9.53 Å². The minimum atomic E-state index is -0.261. The summed E-state index contributed by atoms with van der Waals surface area (Å²) in [6.07, 6.45) is 3.47. The highest BCUT2D eigenvalue weighted by Gasteiger charge is 2.81. The van der Waals surface area contributed by atoms with Gasteiger partial charge >= 0.3 is 5.97 Å². The Morgan fingerprint density at radius 2 is 2.64 bits per heavy atom. The van der Waals surface area contributed by atoms with Crippen molar-refractivity contribution in [2.45, 2.75) is 25.4 Å². The third-order valence-corrected chi connectivity index (χ3v) is 2.91. The van der Waals surface area contributed by atoms with Crippen molar-refractivity contribution in [2.24, 2.45) is 11.8 Å². The summed E-state index contributed by atoms with van der Waals surface area (Å²) >= 11 is 0. The van der Waals surface area contributed by atoms with Gasteiger partial charge in [-0.1, -0.05) is 13.5 Å². The summed E-state index contributed by atoms with van der Waals surface area (Å²) in [4.78, 5) is 10.8. The Kier molecular flexibility index (Phi) is 1.17. The molecular weight excluding hydrogens is 140 g/mol. The van der Waals surface area contributed by atoms with E-state index in [4.69, 9.17) is 4.74 Å². The van der Waals surface area contributed by atoms with Gasteiger partial charge in [0.05, 0.1) is 0 Å². The van der Waals surface area contributed by atoms with Gasteiger partial charge in [0.1, 0.15) is 5.60 Å². The number of fused-ring (bicyclic) bond motifs is 1. The minimum absolute atomic E-state index is 0.0139. The van der Waals surface area contributed by atoms with Crippen molar-refractivity contribution in [1.82, 2.24) is 0 Å². The van der Waals surface area contributed by atoms with Gasteiger partial charge in [-0.25, -0.2) is 4.79 Å². The Labute approximate surface area is 66.2 Å². The molecule has 0 radical (unpaired) electrons. The second-order valence-corrected chi connectivity index (χ2v) is 3.41. The zero-order valence-electron chi connectivity index (χ0n) is 6.67. The summed E-state index contributed by atoms with van der Waals surface area (Å²) in [5.74, 6) is 1.09. The summed E-state index contributed by atoms with van der Waals surface area (Å²) in [5.41, 5.74) is -0.0139. The third-order valence-electron chi connectivity index (χ3n) is 2.91. The van der Waals surface area contributed by atoms with Crippen molar-refractivity contribution in [1.29, 1.82) is 0 Å². The van der Waals surface area contributed by atoms with Gasteiger partial charge < -0.3 is 4.74 Å². The van der Waals surface area contributed by atoms with Crippen molar-refractivity contribution in [3.8, 4) is 0 Å². The summed E-state index contributed by atoms with van der Waals surface area (Å²) in [7, 11) is 0. The number of carbonyl (C=O) groups excluding carboxylic acids is 1. The van der Waals surface area contributed by atoms with E-state index in [9.17, 15) is 4.79 Å². The molecule has 60 valence electrons. The van der Waals surface area contributed by atoms with Crippen LogP contribution < -0.4 is 0 Å². The molecule has 0 aromatic heterocycles. The van der Waals surface area contributed by atoms with Gasteiger partial charge in [-0.05, 0) is 12.8 Å². The van der Waals surface area contributed by atoms with Crippen LogP contribution in [-0.2, 0) is 9.53 Å². The largest absolute Gasteiger partial charge is 0.455 e. The second kappa shape index (κ2) is 1.87. The van der Waals surface area contributed by atoms with Crippen LogP contribution in [0.2, 0.25) is 0 Å². The molecule has 0 aliphatic heterocycles. The zero-order valence-corrected chi connectivity index (χ0v) is 6.67. The van der Waals surface area contributed by atoms with Gasteiger partial charge in [0.25, 0.3) is 0 Å². The summed E-state index contributed by atoms with van der Waals surface area (Å²) in [5, 5.41) is 0. The Morgan fingerprint density at radius 1 is 1.91 bits per heavy atom. The van der Waals surface area contributed by atoms with Gasteiger partial charge in [-0.3, -0.25) is 0 Å². The molecule has 3 unspecified atom stereocenters. The van der Waals surface area contributed by atoms with E-state index in [0.717, 1.165) is 12.8 Å². The average molecular weight is 152 g/mol. The molecule has 2 saturated carbocycles. The molecule has 0 saturated heterocycles. The van der Waals surface area contributed by atoms with Crippen LogP contribution in [0.4, 0.5) is 0 Å². The SMILES string of the molecule is C=CC(=O)OC12CC1C2CC. The van der Waals surface area contributed by atoms with Gasteiger partial charge in [0.2, 0.25) is 0 Å². The number of rotatable bonds is 3. The highest BCUT2D eigenvalue weighted by atomic mass is 16.6. The molecule has 2 fully saturated rings. The molecule has 0 spiro atoms. The first-order valence-electron chi connectivity index (χ1n) is 4.10. The van der Waals surface area contributed by atoms with E-state index in [1.165, 1.54) is 6.08 Å². The average Bonchev–Trinajstić information content (AvgIpc) is 2.78. The summed E-state index contributed by atoms with van der Waals surface area (Å²) in [6, 6.07) is 0. The first-order valence-corrected chi connectivity index (χ1v) is 4.10. The molecule has 0 N–H and O–H groups in total. The summed E-state index contributed by atoms with van der Waals surface area (Å²) in [6.45, 7) is 5.51. The molecule has 0 bridgehead atoms. The highest BCUT2D eigenvalue weighted by molar-refractivity contribution is 5.82. The van der Waals surface area contributed by atoms with E-state index >= 15 is 0 Å². The van der Waals surface area contributed by atoms with Crippen molar-refractivity contribution in [2.75, 3.05) is 0 Å². The number of hydrogen-bond donors (Lipinski definition) is 0. The van der Waals surface area contributed by atoms with E-state index in [1.807, 2.05) is 0 Å². The van der Waals surface area contributed by atoms with Crippen LogP contribution in [0.25, 0.3) is 0 Å². The lowest BCUT2D eigenvalue weighted by atomic mass is 10.1. The Hall–Kier alpha value is -0.790. The summed E-state index contributed by atoms with van der Waals surface area (Å²) < 4.78 is 5.22. The molecule has 2 aliphatic carbocycles. The molecule has 0 amide bonds. The molecule has 3 atom stereocenters.